The van der Waals surface area contributed by atoms with Crippen LogP contribution in [-0.4, -0.2) is 9.78 Å². The Hall–Kier alpha value is -2.44. The minimum atomic E-state index is -4.38. The maximum Gasteiger partial charge on any atom is 0.416 e. The van der Waals surface area contributed by atoms with E-state index in [1.165, 1.54) is 23.0 Å². The monoisotopic (exact) mass is 281 g/mol. The first-order valence-electron chi connectivity index (χ1n) is 5.75. The summed E-state index contributed by atoms with van der Waals surface area (Å²) in [5, 5.41) is 4.34. The van der Waals surface area contributed by atoms with Gasteiger partial charge in [0.2, 0.25) is 0 Å². The van der Waals surface area contributed by atoms with E-state index in [-0.39, 0.29) is 0 Å². The number of halogens is 3. The van der Waals surface area contributed by atoms with Crippen molar-refractivity contribution >= 4 is 16.7 Å². The van der Waals surface area contributed by atoms with Gasteiger partial charge in [-0.25, -0.2) is 0 Å². The molecule has 0 spiro atoms. The van der Waals surface area contributed by atoms with E-state index in [4.69, 9.17) is 10.2 Å². The number of rotatable bonds is 1. The average molecular weight is 281 g/mol. The molecule has 0 aliphatic heterocycles. The SMILES string of the molecule is Cn1ncc(N)c1-c1cc2cc(C(F)(F)F)ccc2o1. The maximum absolute atomic E-state index is 12.7. The van der Waals surface area contributed by atoms with Gasteiger partial charge in [-0.2, -0.15) is 18.3 Å². The fourth-order valence-corrected chi connectivity index (χ4v) is 2.09. The molecular weight excluding hydrogens is 271 g/mol. The highest BCUT2D eigenvalue weighted by Gasteiger charge is 2.30. The van der Waals surface area contributed by atoms with Gasteiger partial charge in [0.15, 0.2) is 5.76 Å². The first kappa shape index (κ1) is 12.6. The molecule has 0 saturated heterocycles. The molecule has 2 aromatic heterocycles. The van der Waals surface area contributed by atoms with Gasteiger partial charge in [0.1, 0.15) is 11.3 Å². The van der Waals surface area contributed by atoms with Crippen LogP contribution in [0.2, 0.25) is 0 Å². The summed E-state index contributed by atoms with van der Waals surface area (Å²) in [6.45, 7) is 0. The van der Waals surface area contributed by atoms with Crippen LogP contribution >= 0.6 is 0 Å². The molecule has 4 nitrogen and oxygen atoms in total. The molecule has 0 atom stereocenters. The topological polar surface area (TPSA) is 57.0 Å². The number of hydrogen-bond donors (Lipinski definition) is 1. The van der Waals surface area contributed by atoms with E-state index in [9.17, 15) is 13.2 Å². The van der Waals surface area contributed by atoms with Gasteiger partial charge in [0.05, 0.1) is 17.4 Å². The Kier molecular flexibility index (Phi) is 2.53. The number of alkyl halides is 3. The molecule has 3 rings (SSSR count). The summed E-state index contributed by atoms with van der Waals surface area (Å²) >= 11 is 0. The summed E-state index contributed by atoms with van der Waals surface area (Å²) in [4.78, 5) is 0. The van der Waals surface area contributed by atoms with E-state index in [1.54, 1.807) is 7.05 Å². The Balaban J connectivity index is 2.17. The first-order chi connectivity index (χ1) is 9.36. The molecule has 20 heavy (non-hydrogen) atoms. The molecule has 0 saturated carbocycles. The Morgan fingerprint density at radius 1 is 1.25 bits per heavy atom. The van der Waals surface area contributed by atoms with Crippen LogP contribution in [0, 0.1) is 0 Å². The number of nitrogen functional groups attached to an aromatic ring is 1. The second kappa shape index (κ2) is 4.03. The first-order valence-corrected chi connectivity index (χ1v) is 5.75. The zero-order valence-electron chi connectivity index (χ0n) is 10.4. The largest absolute Gasteiger partial charge is 0.454 e. The molecule has 104 valence electrons. The van der Waals surface area contributed by atoms with Crippen LogP contribution in [0.15, 0.2) is 34.9 Å². The van der Waals surface area contributed by atoms with Crippen molar-refractivity contribution in [3.63, 3.8) is 0 Å². The van der Waals surface area contributed by atoms with Crippen LogP contribution in [0.25, 0.3) is 22.4 Å². The van der Waals surface area contributed by atoms with E-state index >= 15 is 0 Å². The van der Waals surface area contributed by atoms with Crippen LogP contribution in [0.3, 0.4) is 0 Å². The number of furan rings is 1. The predicted molar refractivity (Wildman–Crippen MR) is 67.8 cm³/mol. The van der Waals surface area contributed by atoms with Crippen molar-refractivity contribution < 1.29 is 17.6 Å². The van der Waals surface area contributed by atoms with Crippen LogP contribution in [0.1, 0.15) is 5.56 Å². The van der Waals surface area contributed by atoms with Crippen molar-refractivity contribution in [2.75, 3.05) is 5.73 Å². The van der Waals surface area contributed by atoms with Crippen molar-refractivity contribution in [2.24, 2.45) is 7.05 Å². The number of benzene rings is 1. The summed E-state index contributed by atoms with van der Waals surface area (Å²) in [6.07, 6.45) is -2.92. The van der Waals surface area contributed by atoms with Crippen LogP contribution in [0.4, 0.5) is 18.9 Å². The number of nitrogens with two attached hydrogens (primary N) is 1. The van der Waals surface area contributed by atoms with Gasteiger partial charge in [-0.15, -0.1) is 0 Å². The van der Waals surface area contributed by atoms with Gasteiger partial charge in [0, 0.05) is 12.4 Å². The minimum absolute atomic E-state index is 0.369. The maximum atomic E-state index is 12.7. The second-order valence-corrected chi connectivity index (χ2v) is 4.43. The summed E-state index contributed by atoms with van der Waals surface area (Å²) in [5.74, 6) is 0.386. The fourth-order valence-electron chi connectivity index (χ4n) is 2.09. The lowest BCUT2D eigenvalue weighted by Gasteiger charge is -2.04. The molecule has 0 bridgehead atoms. The molecule has 0 aliphatic carbocycles. The third-order valence-corrected chi connectivity index (χ3v) is 3.04. The molecule has 3 aromatic rings. The quantitative estimate of drug-likeness (QED) is 0.743. The van der Waals surface area contributed by atoms with Crippen molar-refractivity contribution in [3.8, 4) is 11.5 Å². The van der Waals surface area contributed by atoms with Gasteiger partial charge in [-0.05, 0) is 24.3 Å². The van der Waals surface area contributed by atoms with Gasteiger partial charge < -0.3 is 10.2 Å². The smallest absolute Gasteiger partial charge is 0.416 e. The predicted octanol–water partition coefficient (Wildman–Crippen LogP) is 3.43. The lowest BCUT2D eigenvalue weighted by molar-refractivity contribution is -0.137. The van der Waals surface area contributed by atoms with E-state index in [0.717, 1.165) is 12.1 Å². The van der Waals surface area contributed by atoms with Crippen LogP contribution < -0.4 is 5.73 Å². The van der Waals surface area contributed by atoms with Crippen molar-refractivity contribution in [3.05, 3.63) is 36.0 Å². The number of fused-ring (bicyclic) bond motifs is 1. The van der Waals surface area contributed by atoms with E-state index in [2.05, 4.69) is 5.10 Å². The zero-order chi connectivity index (χ0) is 14.5. The normalized spacial score (nSPS) is 12.2. The van der Waals surface area contributed by atoms with Gasteiger partial charge in [-0.1, -0.05) is 0 Å². The van der Waals surface area contributed by atoms with E-state index < -0.39 is 11.7 Å². The highest BCUT2D eigenvalue weighted by molar-refractivity contribution is 5.85. The summed E-state index contributed by atoms with van der Waals surface area (Å²) in [6, 6.07) is 4.86. The molecule has 0 radical (unpaired) electrons. The standard InChI is InChI=1S/C13H10F3N3O/c1-19-12(9(17)6-18-19)11-5-7-4-8(13(14,15)16)2-3-10(7)20-11/h2-6H,17H2,1H3. The van der Waals surface area contributed by atoms with E-state index in [0.29, 0.717) is 28.1 Å². The third-order valence-electron chi connectivity index (χ3n) is 3.04. The Labute approximate surface area is 111 Å². The lowest BCUT2D eigenvalue weighted by atomic mass is 10.1. The van der Waals surface area contributed by atoms with Crippen molar-refractivity contribution in [2.45, 2.75) is 6.18 Å². The summed E-state index contributed by atoms with van der Waals surface area (Å²) in [7, 11) is 1.68. The Morgan fingerprint density at radius 2 is 2.00 bits per heavy atom. The average Bonchev–Trinajstić information content (AvgIpc) is 2.90. The molecule has 0 amide bonds. The van der Waals surface area contributed by atoms with Crippen LogP contribution in [0.5, 0.6) is 0 Å². The highest BCUT2D eigenvalue weighted by Crippen LogP contribution is 2.35. The molecule has 1 aromatic carbocycles. The molecular formula is C13H10F3N3O. The summed E-state index contributed by atoms with van der Waals surface area (Å²) in [5.41, 5.74) is 6.37. The number of aromatic nitrogens is 2. The minimum Gasteiger partial charge on any atom is -0.454 e. The fraction of sp³-hybridized carbons (Fsp3) is 0.154. The molecule has 2 heterocycles. The molecule has 2 N–H and O–H groups in total. The van der Waals surface area contributed by atoms with Crippen molar-refractivity contribution in [1.29, 1.82) is 0 Å². The zero-order valence-corrected chi connectivity index (χ0v) is 10.4. The second-order valence-electron chi connectivity index (χ2n) is 4.43. The number of hydrogen-bond acceptors (Lipinski definition) is 3. The lowest BCUT2D eigenvalue weighted by Crippen LogP contribution is -2.03. The molecule has 7 heteroatoms. The van der Waals surface area contributed by atoms with Crippen molar-refractivity contribution in [1.82, 2.24) is 9.78 Å². The third kappa shape index (κ3) is 1.91. The number of anilines is 1. The van der Waals surface area contributed by atoms with E-state index in [1.807, 2.05) is 0 Å². The molecule has 0 aliphatic rings. The van der Waals surface area contributed by atoms with Crippen LogP contribution in [-0.2, 0) is 13.2 Å². The Bertz CT molecular complexity index is 766. The van der Waals surface area contributed by atoms with Gasteiger partial charge in [0.25, 0.3) is 0 Å². The van der Waals surface area contributed by atoms with Gasteiger partial charge >= 0.3 is 6.18 Å². The highest BCUT2D eigenvalue weighted by atomic mass is 19.4. The summed E-state index contributed by atoms with van der Waals surface area (Å²) < 4.78 is 45.0. The molecule has 0 unspecified atom stereocenters. The molecule has 0 fully saturated rings. The van der Waals surface area contributed by atoms with Gasteiger partial charge in [-0.3, -0.25) is 4.68 Å². The Morgan fingerprint density at radius 3 is 2.60 bits per heavy atom. The number of nitrogens with zero attached hydrogens (tertiary/aromatic N) is 2. The number of aryl methyl sites for hydroxylation is 1.